The molecule has 3 amide bonds. The predicted molar refractivity (Wildman–Crippen MR) is 111 cm³/mol. The summed E-state index contributed by atoms with van der Waals surface area (Å²) in [5.41, 5.74) is 3.43. The zero-order valence-electron chi connectivity index (χ0n) is 17.5. The number of rotatable bonds is 6. The zero-order chi connectivity index (χ0) is 21.5. The first-order valence-corrected chi connectivity index (χ1v) is 10.3. The molecule has 1 aliphatic heterocycles. The molecular formula is C23H26N4O3. The Morgan fingerprint density at radius 2 is 2.07 bits per heavy atom. The molecule has 3 heterocycles. The van der Waals surface area contributed by atoms with E-state index in [1.54, 1.807) is 25.3 Å². The van der Waals surface area contributed by atoms with E-state index in [1.807, 2.05) is 19.9 Å². The minimum atomic E-state index is -0.805. The molecule has 0 bridgehead atoms. The van der Waals surface area contributed by atoms with Gasteiger partial charge in [0.2, 0.25) is 11.8 Å². The summed E-state index contributed by atoms with van der Waals surface area (Å²) < 4.78 is 0. The average Bonchev–Trinajstić information content (AvgIpc) is 3.52. The van der Waals surface area contributed by atoms with Gasteiger partial charge in [0, 0.05) is 36.5 Å². The molecule has 0 radical (unpaired) electrons. The van der Waals surface area contributed by atoms with Crippen molar-refractivity contribution in [3.8, 4) is 0 Å². The summed E-state index contributed by atoms with van der Waals surface area (Å²) >= 11 is 0. The third kappa shape index (κ3) is 3.97. The molecule has 156 valence electrons. The van der Waals surface area contributed by atoms with E-state index in [0.29, 0.717) is 18.2 Å². The Labute approximate surface area is 175 Å². The summed E-state index contributed by atoms with van der Waals surface area (Å²) in [6, 6.07) is 7.51. The molecule has 2 atom stereocenters. The van der Waals surface area contributed by atoms with Gasteiger partial charge in [-0.3, -0.25) is 29.7 Å². The van der Waals surface area contributed by atoms with E-state index in [0.717, 1.165) is 22.5 Å². The minimum Gasteiger partial charge on any atom is -0.347 e. The first kappa shape index (κ1) is 20.2. The number of nitrogens with one attached hydrogen (secondary N) is 2. The highest BCUT2D eigenvalue weighted by atomic mass is 16.2. The summed E-state index contributed by atoms with van der Waals surface area (Å²) in [5.74, 6) is -0.407. The number of aromatic nitrogens is 2. The lowest BCUT2D eigenvalue weighted by atomic mass is 9.73. The third-order valence-corrected chi connectivity index (χ3v) is 6.26. The highest BCUT2D eigenvalue weighted by molar-refractivity contribution is 6.06. The van der Waals surface area contributed by atoms with Gasteiger partial charge >= 0.3 is 0 Å². The van der Waals surface area contributed by atoms with Gasteiger partial charge in [0.1, 0.15) is 5.69 Å². The van der Waals surface area contributed by atoms with Gasteiger partial charge in [0.05, 0.1) is 5.41 Å². The van der Waals surface area contributed by atoms with Gasteiger partial charge in [-0.2, -0.15) is 0 Å². The molecule has 1 unspecified atom stereocenters. The van der Waals surface area contributed by atoms with Crippen LogP contribution < -0.4 is 10.6 Å². The van der Waals surface area contributed by atoms with E-state index in [4.69, 9.17) is 0 Å². The number of carbonyl (C=O) groups is 3. The van der Waals surface area contributed by atoms with Gasteiger partial charge in [0.25, 0.3) is 5.91 Å². The fourth-order valence-electron chi connectivity index (χ4n) is 3.97. The fourth-order valence-corrected chi connectivity index (χ4v) is 3.97. The molecule has 1 saturated carbocycles. The molecule has 7 nitrogen and oxygen atoms in total. The summed E-state index contributed by atoms with van der Waals surface area (Å²) in [6.07, 6.45) is 4.14. The molecule has 2 fully saturated rings. The smallest absolute Gasteiger partial charge is 0.270 e. The predicted octanol–water partition coefficient (Wildman–Crippen LogP) is 2.75. The Balaban J connectivity index is 1.41. The van der Waals surface area contributed by atoms with Crippen LogP contribution in [0.25, 0.3) is 0 Å². The monoisotopic (exact) mass is 406 g/mol. The SMILES string of the molecule is Cc1cc(CNC(=O)c2ccc(C(C)[C@]3(C)CC(=O)NC3=O)cn2)cc(C2CC2)n1. The molecule has 1 saturated heterocycles. The zero-order valence-corrected chi connectivity index (χ0v) is 17.5. The lowest BCUT2D eigenvalue weighted by Crippen LogP contribution is -2.33. The van der Waals surface area contributed by atoms with Crippen molar-refractivity contribution in [1.29, 1.82) is 0 Å². The van der Waals surface area contributed by atoms with Crippen LogP contribution in [0.5, 0.6) is 0 Å². The highest BCUT2D eigenvalue weighted by Gasteiger charge is 2.47. The van der Waals surface area contributed by atoms with E-state index >= 15 is 0 Å². The second kappa shape index (κ2) is 7.63. The number of aryl methyl sites for hydroxylation is 1. The number of hydrogen-bond donors (Lipinski definition) is 2. The molecule has 30 heavy (non-hydrogen) atoms. The maximum absolute atomic E-state index is 12.5. The second-order valence-corrected chi connectivity index (χ2v) is 8.67. The summed E-state index contributed by atoms with van der Waals surface area (Å²) in [6.45, 7) is 6.07. The topological polar surface area (TPSA) is 101 Å². The molecule has 7 heteroatoms. The minimum absolute atomic E-state index is 0.156. The van der Waals surface area contributed by atoms with Crippen molar-refractivity contribution in [2.45, 2.75) is 58.4 Å². The van der Waals surface area contributed by atoms with Crippen LogP contribution in [0.1, 0.15) is 77.9 Å². The van der Waals surface area contributed by atoms with Crippen molar-refractivity contribution in [1.82, 2.24) is 20.6 Å². The van der Waals surface area contributed by atoms with Crippen molar-refractivity contribution in [3.05, 3.63) is 58.7 Å². The first-order valence-electron chi connectivity index (χ1n) is 10.3. The van der Waals surface area contributed by atoms with Gasteiger partial charge in [0.15, 0.2) is 0 Å². The van der Waals surface area contributed by atoms with E-state index in [9.17, 15) is 14.4 Å². The van der Waals surface area contributed by atoms with Gasteiger partial charge in [-0.25, -0.2) is 0 Å². The van der Waals surface area contributed by atoms with Crippen LogP contribution in [0, 0.1) is 12.3 Å². The maximum atomic E-state index is 12.5. The Bertz CT molecular complexity index is 1010. The highest BCUT2D eigenvalue weighted by Crippen LogP contribution is 2.41. The van der Waals surface area contributed by atoms with Crippen molar-refractivity contribution in [3.63, 3.8) is 0 Å². The standard InChI is InChI=1S/C23H26N4O3/c1-13-8-15(9-19(26-13)16-4-5-16)11-25-21(29)18-7-6-17(12-24-18)14(2)23(3)10-20(28)27-22(23)30/h6-9,12,14,16H,4-5,10-11H2,1-3H3,(H,25,29)(H,27,28,30)/t14?,23-/m0/s1. The van der Waals surface area contributed by atoms with Crippen LogP contribution in [0.4, 0.5) is 0 Å². The van der Waals surface area contributed by atoms with Crippen LogP contribution in [0.15, 0.2) is 30.5 Å². The molecule has 0 spiro atoms. The van der Waals surface area contributed by atoms with Gasteiger partial charge in [-0.1, -0.05) is 13.0 Å². The number of nitrogens with zero attached hydrogens (tertiary/aromatic N) is 2. The Morgan fingerprint density at radius 1 is 1.30 bits per heavy atom. The average molecular weight is 406 g/mol. The molecule has 2 aromatic rings. The first-order chi connectivity index (χ1) is 14.3. The number of imide groups is 1. The third-order valence-electron chi connectivity index (χ3n) is 6.26. The number of carbonyl (C=O) groups excluding carboxylic acids is 3. The molecule has 1 aliphatic carbocycles. The fraction of sp³-hybridized carbons (Fsp3) is 0.435. The Morgan fingerprint density at radius 3 is 2.67 bits per heavy atom. The molecule has 2 N–H and O–H groups in total. The second-order valence-electron chi connectivity index (χ2n) is 8.67. The van der Waals surface area contributed by atoms with Crippen molar-refractivity contribution < 1.29 is 14.4 Å². The van der Waals surface area contributed by atoms with E-state index in [1.165, 1.54) is 12.8 Å². The van der Waals surface area contributed by atoms with Crippen LogP contribution in [0.3, 0.4) is 0 Å². The van der Waals surface area contributed by atoms with Gasteiger partial charge in [-0.05, 0) is 61.9 Å². The van der Waals surface area contributed by atoms with Crippen LogP contribution in [0.2, 0.25) is 0 Å². The van der Waals surface area contributed by atoms with E-state index < -0.39 is 5.41 Å². The molecule has 4 rings (SSSR count). The maximum Gasteiger partial charge on any atom is 0.270 e. The van der Waals surface area contributed by atoms with E-state index in [2.05, 4.69) is 26.7 Å². The van der Waals surface area contributed by atoms with Crippen molar-refractivity contribution in [2.75, 3.05) is 0 Å². The molecule has 2 aromatic heterocycles. The lowest BCUT2D eigenvalue weighted by molar-refractivity contribution is -0.128. The van der Waals surface area contributed by atoms with Crippen molar-refractivity contribution in [2.24, 2.45) is 5.41 Å². The van der Waals surface area contributed by atoms with Crippen molar-refractivity contribution >= 4 is 17.7 Å². The van der Waals surface area contributed by atoms with Crippen LogP contribution >= 0.6 is 0 Å². The van der Waals surface area contributed by atoms with Gasteiger partial charge in [-0.15, -0.1) is 0 Å². The number of hydrogen-bond acceptors (Lipinski definition) is 5. The Kier molecular flexibility index (Phi) is 5.13. The normalized spacial score (nSPS) is 22.0. The summed E-state index contributed by atoms with van der Waals surface area (Å²) in [7, 11) is 0. The van der Waals surface area contributed by atoms with Crippen LogP contribution in [-0.4, -0.2) is 27.7 Å². The molecule has 2 aliphatic rings. The number of pyridine rings is 2. The quantitative estimate of drug-likeness (QED) is 0.719. The Hall–Kier alpha value is -3.09. The lowest BCUT2D eigenvalue weighted by Gasteiger charge is -2.27. The summed E-state index contributed by atoms with van der Waals surface area (Å²) in [5, 5.41) is 5.29. The molecular weight excluding hydrogens is 380 g/mol. The largest absolute Gasteiger partial charge is 0.347 e. The van der Waals surface area contributed by atoms with Gasteiger partial charge < -0.3 is 5.32 Å². The molecule has 0 aromatic carbocycles. The number of amides is 3. The van der Waals surface area contributed by atoms with Crippen LogP contribution in [-0.2, 0) is 16.1 Å². The summed E-state index contributed by atoms with van der Waals surface area (Å²) in [4.78, 5) is 45.2. The van der Waals surface area contributed by atoms with E-state index in [-0.39, 0.29) is 30.1 Å².